The second-order valence-electron chi connectivity index (χ2n) is 5.91. The number of carbonyl (C=O) groups excluding carboxylic acids is 3. The van der Waals surface area contributed by atoms with Crippen LogP contribution in [0, 0.1) is 5.92 Å². The maximum Gasteiger partial charge on any atom is 0.277 e. The lowest BCUT2D eigenvalue weighted by molar-refractivity contribution is -0.116. The summed E-state index contributed by atoms with van der Waals surface area (Å²) in [6.45, 7) is 3.31. The van der Waals surface area contributed by atoms with Crippen molar-refractivity contribution in [2.24, 2.45) is 10.9 Å². The number of hydrogen-bond donors (Lipinski definition) is 2. The summed E-state index contributed by atoms with van der Waals surface area (Å²) in [4.78, 5) is 39.0. The van der Waals surface area contributed by atoms with Gasteiger partial charge in [0.1, 0.15) is 0 Å². The van der Waals surface area contributed by atoms with E-state index in [0.29, 0.717) is 17.0 Å². The van der Waals surface area contributed by atoms with E-state index in [1.54, 1.807) is 42.5 Å². The number of nitrogens with one attached hydrogen (secondary N) is 2. The van der Waals surface area contributed by atoms with Gasteiger partial charge in [-0.2, -0.15) is 0 Å². The van der Waals surface area contributed by atoms with Crippen molar-refractivity contribution in [2.45, 2.75) is 13.8 Å². The Hall–Kier alpha value is -3.28. The molecule has 0 saturated carbocycles. The molecule has 0 radical (unpaired) electrons. The zero-order valence-electron chi connectivity index (χ0n) is 13.9. The average Bonchev–Trinajstić information content (AvgIpc) is 2.54. The third-order valence-corrected chi connectivity index (χ3v) is 3.90. The highest BCUT2D eigenvalue weighted by Crippen LogP contribution is 2.26. The number of nitrogens with zero attached hydrogens (tertiary/aromatic N) is 1. The van der Waals surface area contributed by atoms with Crippen LogP contribution in [0.5, 0.6) is 0 Å². The van der Waals surface area contributed by atoms with Crippen LogP contribution < -0.4 is 10.6 Å². The smallest absolute Gasteiger partial charge is 0.277 e. The third kappa shape index (κ3) is 3.80. The molecule has 0 bridgehead atoms. The standard InChI is InChI=1S/C19H17N3O3/c1-11-9-18(24)22-17-10-15(7-8-16(11)17)21-19(25)13-3-5-14(6-4-13)20-12(2)23/h3-10,16H,1-2H3,(H,20,23)(H,22,24). The van der Waals surface area contributed by atoms with Gasteiger partial charge in [-0.1, -0.05) is 11.6 Å². The molecular formula is C19H17N3O3. The summed E-state index contributed by atoms with van der Waals surface area (Å²) in [7, 11) is 0. The van der Waals surface area contributed by atoms with Gasteiger partial charge in [0.2, 0.25) is 11.8 Å². The fourth-order valence-electron chi connectivity index (χ4n) is 2.73. The van der Waals surface area contributed by atoms with E-state index in [9.17, 15) is 14.4 Å². The highest BCUT2D eigenvalue weighted by molar-refractivity contribution is 6.14. The van der Waals surface area contributed by atoms with E-state index in [2.05, 4.69) is 15.6 Å². The lowest BCUT2D eigenvalue weighted by Gasteiger charge is -2.25. The van der Waals surface area contributed by atoms with Gasteiger partial charge in [-0.05, 0) is 43.3 Å². The summed E-state index contributed by atoms with van der Waals surface area (Å²) in [5.41, 5.74) is 3.19. The summed E-state index contributed by atoms with van der Waals surface area (Å²) in [6, 6.07) is 6.51. The second kappa shape index (κ2) is 6.68. The van der Waals surface area contributed by atoms with Gasteiger partial charge in [0.05, 0.1) is 5.71 Å². The first-order chi connectivity index (χ1) is 11.9. The van der Waals surface area contributed by atoms with E-state index in [4.69, 9.17) is 0 Å². The molecule has 1 aromatic carbocycles. The Morgan fingerprint density at radius 3 is 2.56 bits per heavy atom. The van der Waals surface area contributed by atoms with Crippen molar-refractivity contribution >= 4 is 29.1 Å². The predicted molar refractivity (Wildman–Crippen MR) is 95.1 cm³/mol. The maximum atomic E-state index is 12.3. The molecule has 0 fully saturated rings. The molecule has 1 unspecified atom stereocenters. The molecule has 2 aliphatic rings. The molecule has 0 aromatic heterocycles. The van der Waals surface area contributed by atoms with E-state index in [1.807, 2.05) is 13.0 Å². The lowest BCUT2D eigenvalue weighted by Crippen LogP contribution is -2.32. The fraction of sp³-hybridized carbons (Fsp3) is 0.158. The largest absolute Gasteiger partial charge is 0.326 e. The molecule has 6 heteroatoms. The first-order valence-electron chi connectivity index (χ1n) is 7.82. The highest BCUT2D eigenvalue weighted by Gasteiger charge is 2.23. The molecule has 1 atom stereocenters. The number of amides is 3. The Kier molecular flexibility index (Phi) is 4.43. The molecule has 25 heavy (non-hydrogen) atoms. The number of fused-ring (bicyclic) bond motifs is 1. The zero-order valence-corrected chi connectivity index (χ0v) is 13.9. The van der Waals surface area contributed by atoms with Crippen molar-refractivity contribution in [3.63, 3.8) is 0 Å². The summed E-state index contributed by atoms with van der Waals surface area (Å²) in [5.74, 6) is -0.719. The highest BCUT2D eigenvalue weighted by atomic mass is 16.2. The van der Waals surface area contributed by atoms with Crippen LogP contribution in [0.2, 0.25) is 0 Å². The van der Waals surface area contributed by atoms with Crippen LogP contribution in [0.4, 0.5) is 5.69 Å². The Bertz CT molecular complexity index is 874. The Balaban J connectivity index is 1.78. The normalized spacial score (nSPS) is 20.3. The van der Waals surface area contributed by atoms with E-state index < -0.39 is 5.91 Å². The van der Waals surface area contributed by atoms with Gasteiger partial charge in [-0.15, -0.1) is 0 Å². The van der Waals surface area contributed by atoms with Gasteiger partial charge >= 0.3 is 0 Å². The van der Waals surface area contributed by atoms with Gasteiger partial charge in [-0.25, -0.2) is 4.99 Å². The molecule has 3 amide bonds. The lowest BCUT2D eigenvalue weighted by atomic mass is 9.89. The minimum Gasteiger partial charge on any atom is -0.326 e. The minimum absolute atomic E-state index is 0.0173. The third-order valence-electron chi connectivity index (χ3n) is 3.90. The first kappa shape index (κ1) is 16.6. The van der Waals surface area contributed by atoms with Crippen molar-refractivity contribution in [2.75, 3.05) is 5.32 Å². The predicted octanol–water partition coefficient (Wildman–Crippen LogP) is 2.37. The van der Waals surface area contributed by atoms with E-state index in [1.165, 1.54) is 6.92 Å². The minimum atomic E-state index is -0.390. The van der Waals surface area contributed by atoms with E-state index in [-0.39, 0.29) is 17.7 Å². The van der Waals surface area contributed by atoms with Gasteiger partial charge in [0.25, 0.3) is 5.91 Å². The van der Waals surface area contributed by atoms with Crippen LogP contribution in [-0.4, -0.2) is 23.4 Å². The van der Waals surface area contributed by atoms with Crippen molar-refractivity contribution in [3.05, 3.63) is 65.4 Å². The molecule has 2 N–H and O–H groups in total. The monoisotopic (exact) mass is 335 g/mol. The topological polar surface area (TPSA) is 87.6 Å². The average molecular weight is 335 g/mol. The van der Waals surface area contributed by atoms with E-state index >= 15 is 0 Å². The number of allylic oxidation sites excluding steroid dienone is 3. The number of aliphatic imine (C=N–C) groups is 1. The van der Waals surface area contributed by atoms with Crippen LogP contribution in [-0.2, 0) is 9.59 Å². The van der Waals surface area contributed by atoms with Crippen molar-refractivity contribution in [3.8, 4) is 0 Å². The van der Waals surface area contributed by atoms with Crippen molar-refractivity contribution in [1.29, 1.82) is 0 Å². The SMILES string of the molecule is CC(=O)Nc1ccc(C(=O)N=C2C=CC3C(C)=CC(=O)NC3=C2)cc1. The van der Waals surface area contributed by atoms with Crippen LogP contribution in [0.25, 0.3) is 0 Å². The number of hydrogen-bond acceptors (Lipinski definition) is 3. The van der Waals surface area contributed by atoms with Gasteiger partial charge in [-0.3, -0.25) is 14.4 Å². The molecule has 1 aromatic rings. The van der Waals surface area contributed by atoms with Crippen LogP contribution in [0.1, 0.15) is 24.2 Å². The quantitative estimate of drug-likeness (QED) is 0.870. The summed E-state index contributed by atoms with van der Waals surface area (Å²) >= 11 is 0. The molecule has 1 aliphatic carbocycles. The number of benzene rings is 1. The summed E-state index contributed by atoms with van der Waals surface area (Å²) in [5, 5.41) is 5.42. The number of anilines is 1. The Labute approximate surface area is 145 Å². The van der Waals surface area contributed by atoms with Crippen molar-refractivity contribution < 1.29 is 14.4 Å². The molecule has 1 heterocycles. The van der Waals surface area contributed by atoms with Crippen LogP contribution in [0.3, 0.4) is 0 Å². The molecule has 3 rings (SSSR count). The van der Waals surface area contributed by atoms with Gasteiger partial charge in [0, 0.05) is 35.9 Å². The first-order valence-corrected chi connectivity index (χ1v) is 7.82. The number of rotatable bonds is 2. The molecule has 1 aliphatic heterocycles. The molecule has 126 valence electrons. The van der Waals surface area contributed by atoms with Gasteiger partial charge in [0.15, 0.2) is 0 Å². The molecule has 6 nitrogen and oxygen atoms in total. The second-order valence-corrected chi connectivity index (χ2v) is 5.91. The van der Waals surface area contributed by atoms with Gasteiger partial charge < -0.3 is 10.6 Å². The van der Waals surface area contributed by atoms with Crippen LogP contribution in [0.15, 0.2) is 64.8 Å². The Morgan fingerprint density at radius 2 is 1.88 bits per heavy atom. The Morgan fingerprint density at radius 1 is 1.16 bits per heavy atom. The molecular weight excluding hydrogens is 318 g/mol. The molecule has 0 spiro atoms. The fourth-order valence-corrected chi connectivity index (χ4v) is 2.73. The summed E-state index contributed by atoms with van der Waals surface area (Å²) < 4.78 is 0. The number of carbonyl (C=O) groups is 3. The van der Waals surface area contributed by atoms with E-state index in [0.717, 1.165) is 11.3 Å². The zero-order chi connectivity index (χ0) is 18.0. The maximum absolute atomic E-state index is 12.3. The van der Waals surface area contributed by atoms with Crippen molar-refractivity contribution in [1.82, 2.24) is 5.32 Å². The summed E-state index contributed by atoms with van der Waals surface area (Å²) in [6.07, 6.45) is 6.96. The van der Waals surface area contributed by atoms with Crippen LogP contribution >= 0.6 is 0 Å². The molecule has 0 saturated heterocycles.